The van der Waals surface area contributed by atoms with Crippen molar-refractivity contribution in [3.63, 3.8) is 0 Å². The fraction of sp³-hybridized carbons (Fsp3) is 0.455. The molecule has 0 amide bonds. The average Bonchev–Trinajstić information content (AvgIpc) is 2.70. The number of anilines is 2. The Kier molecular flexibility index (Phi) is 8.73. The van der Waals surface area contributed by atoms with E-state index >= 15 is 0 Å². The smallest absolute Gasteiger partial charge is 0.0873 e. The summed E-state index contributed by atoms with van der Waals surface area (Å²) in [6, 6.07) is 22.5. The van der Waals surface area contributed by atoms with E-state index in [0.29, 0.717) is 16.7 Å². The van der Waals surface area contributed by atoms with Crippen LogP contribution in [0.15, 0.2) is 60.7 Å². The van der Waals surface area contributed by atoms with Crippen molar-refractivity contribution < 1.29 is 0 Å². The van der Waals surface area contributed by atoms with E-state index in [1.54, 1.807) is 0 Å². The molecule has 0 saturated heterocycles. The Labute approximate surface area is 168 Å². The van der Waals surface area contributed by atoms with Crippen molar-refractivity contribution in [1.29, 1.82) is 0 Å². The Morgan fingerprint density at radius 3 is 1.31 bits per heavy atom. The fourth-order valence-corrected chi connectivity index (χ4v) is 5.21. The van der Waals surface area contributed by atoms with Crippen LogP contribution in [0.5, 0.6) is 0 Å². The van der Waals surface area contributed by atoms with Crippen LogP contribution in [0.4, 0.5) is 11.4 Å². The minimum Gasteiger partial charge on any atom is -0.313 e. The van der Waals surface area contributed by atoms with Gasteiger partial charge in [0.1, 0.15) is 0 Å². The molecule has 0 aliphatic rings. The highest BCUT2D eigenvalue weighted by Crippen LogP contribution is 2.38. The van der Waals surface area contributed by atoms with E-state index < -0.39 is 0 Å². The molecule has 2 nitrogen and oxygen atoms in total. The second-order valence-corrected chi connectivity index (χ2v) is 9.54. The van der Waals surface area contributed by atoms with Gasteiger partial charge in [-0.15, -0.1) is 0 Å². The third-order valence-electron chi connectivity index (χ3n) is 4.53. The van der Waals surface area contributed by atoms with Crippen molar-refractivity contribution in [2.45, 2.75) is 64.1 Å². The summed E-state index contributed by atoms with van der Waals surface area (Å²) >= 11 is 3.87. The largest absolute Gasteiger partial charge is 0.313 e. The normalized spacial score (nSPS) is 14.5. The first-order valence-corrected chi connectivity index (χ1v) is 11.3. The van der Waals surface area contributed by atoms with Crippen LogP contribution < -0.4 is 8.61 Å². The molecule has 0 spiro atoms. The van der Waals surface area contributed by atoms with Crippen LogP contribution >= 0.6 is 23.9 Å². The van der Waals surface area contributed by atoms with Gasteiger partial charge in [-0.2, -0.15) is 0 Å². The lowest BCUT2D eigenvalue weighted by Crippen LogP contribution is -2.31. The predicted octanol–water partition coefficient (Wildman–Crippen LogP) is 7.24. The van der Waals surface area contributed by atoms with Gasteiger partial charge in [0.15, 0.2) is 0 Å². The number of para-hydroxylation sites is 2. The maximum atomic E-state index is 2.47. The van der Waals surface area contributed by atoms with E-state index in [9.17, 15) is 0 Å². The lowest BCUT2D eigenvalue weighted by Gasteiger charge is -2.35. The molecule has 2 aromatic carbocycles. The first kappa shape index (κ1) is 21.0. The van der Waals surface area contributed by atoms with E-state index in [4.69, 9.17) is 0 Å². The molecule has 2 unspecified atom stereocenters. The molecule has 4 heteroatoms. The number of benzene rings is 2. The molecule has 26 heavy (non-hydrogen) atoms. The van der Waals surface area contributed by atoms with Gasteiger partial charge in [-0.3, -0.25) is 0 Å². The molecule has 2 rings (SSSR count). The average molecular weight is 389 g/mol. The van der Waals surface area contributed by atoms with Crippen LogP contribution in [0.25, 0.3) is 0 Å². The Balaban J connectivity index is 2.13. The van der Waals surface area contributed by atoms with Crippen molar-refractivity contribution in [2.24, 2.45) is 0 Å². The zero-order chi connectivity index (χ0) is 18.9. The third-order valence-corrected chi connectivity index (χ3v) is 7.23. The van der Waals surface area contributed by atoms with Gasteiger partial charge in [-0.1, -0.05) is 50.2 Å². The van der Waals surface area contributed by atoms with Gasteiger partial charge in [0.05, 0.1) is 4.58 Å². The summed E-state index contributed by atoms with van der Waals surface area (Å²) < 4.78 is 5.35. The van der Waals surface area contributed by atoms with Crippen LogP contribution in [-0.4, -0.2) is 16.7 Å². The van der Waals surface area contributed by atoms with Crippen LogP contribution in [0, 0.1) is 0 Å². The summed E-state index contributed by atoms with van der Waals surface area (Å²) in [4.78, 5) is 0. The Hall–Kier alpha value is -1.26. The maximum absolute atomic E-state index is 2.47. The van der Waals surface area contributed by atoms with Gasteiger partial charge in [-0.25, -0.2) is 0 Å². The summed E-state index contributed by atoms with van der Waals surface area (Å²) in [5.41, 5.74) is 2.57. The molecule has 0 bridgehead atoms. The first-order chi connectivity index (χ1) is 12.6. The first-order valence-electron chi connectivity index (χ1n) is 9.58. The number of hydrogen-bond acceptors (Lipinski definition) is 4. The molecule has 142 valence electrons. The summed E-state index contributed by atoms with van der Waals surface area (Å²) in [5.74, 6) is 0. The second-order valence-electron chi connectivity index (χ2n) is 6.62. The highest BCUT2D eigenvalue weighted by molar-refractivity contribution is 8.18. The lowest BCUT2D eigenvalue weighted by atomic mass is 10.2. The highest BCUT2D eigenvalue weighted by atomic mass is 32.2. The fourth-order valence-electron chi connectivity index (χ4n) is 2.66. The summed E-state index contributed by atoms with van der Waals surface area (Å²) in [6.07, 6.45) is 2.26. The Morgan fingerprint density at radius 2 is 1.00 bits per heavy atom. The van der Waals surface area contributed by atoms with Crippen molar-refractivity contribution in [3.05, 3.63) is 60.7 Å². The summed E-state index contributed by atoms with van der Waals surface area (Å²) in [6.45, 7) is 11.4. The second kappa shape index (κ2) is 10.8. The molecule has 0 aliphatic carbocycles. The van der Waals surface area contributed by atoms with Gasteiger partial charge >= 0.3 is 0 Å². The Bertz CT molecular complexity index is 565. The van der Waals surface area contributed by atoms with Crippen LogP contribution in [0.1, 0.15) is 47.5 Å². The lowest BCUT2D eigenvalue weighted by molar-refractivity contribution is 0.717. The number of hydrogen-bond donors (Lipinski definition) is 0. The quantitative estimate of drug-likeness (QED) is 0.312. The van der Waals surface area contributed by atoms with Crippen molar-refractivity contribution in [3.8, 4) is 0 Å². The van der Waals surface area contributed by atoms with Crippen LogP contribution in [-0.2, 0) is 0 Å². The molecule has 0 radical (unpaired) electrons. The molecule has 0 saturated carbocycles. The van der Waals surface area contributed by atoms with Crippen molar-refractivity contribution in [1.82, 2.24) is 0 Å². The zero-order valence-corrected chi connectivity index (χ0v) is 18.3. The van der Waals surface area contributed by atoms with E-state index in [2.05, 4.69) is 104 Å². The van der Waals surface area contributed by atoms with Gasteiger partial charge < -0.3 is 8.61 Å². The van der Waals surface area contributed by atoms with E-state index in [1.807, 2.05) is 23.9 Å². The SMILES string of the molecule is CCC(C)N(SC(C)SN(c1ccccc1)C(C)CC)c1ccccc1. The van der Waals surface area contributed by atoms with E-state index in [-0.39, 0.29) is 0 Å². The summed E-state index contributed by atoms with van der Waals surface area (Å²) in [5, 5.41) is 0. The molecule has 0 N–H and O–H groups in total. The standard InChI is InChI=1S/C22H32N2S2/c1-6-18(3)23(21-14-10-8-11-15-21)25-20(5)26-24(19(4)7-2)22-16-12-9-13-17-22/h8-20H,6-7H2,1-5H3. The van der Waals surface area contributed by atoms with Crippen molar-refractivity contribution >= 4 is 35.3 Å². The van der Waals surface area contributed by atoms with Gasteiger partial charge in [0.25, 0.3) is 0 Å². The minimum absolute atomic E-state index is 0.415. The molecule has 2 atom stereocenters. The molecular weight excluding hydrogens is 356 g/mol. The minimum atomic E-state index is 0.415. The molecule has 0 aliphatic heterocycles. The van der Waals surface area contributed by atoms with Gasteiger partial charge in [-0.05, 0) is 81.8 Å². The third kappa shape index (κ3) is 5.88. The van der Waals surface area contributed by atoms with Gasteiger partial charge in [0, 0.05) is 23.5 Å². The number of rotatable bonds is 10. The highest BCUT2D eigenvalue weighted by Gasteiger charge is 2.22. The van der Waals surface area contributed by atoms with Crippen molar-refractivity contribution in [2.75, 3.05) is 8.61 Å². The Morgan fingerprint density at radius 1 is 0.654 bits per heavy atom. The van der Waals surface area contributed by atoms with Crippen LogP contribution in [0.3, 0.4) is 0 Å². The maximum Gasteiger partial charge on any atom is 0.0873 e. The monoisotopic (exact) mass is 388 g/mol. The molecule has 0 heterocycles. The summed E-state index contributed by atoms with van der Waals surface area (Å²) in [7, 11) is 0. The number of nitrogens with zero attached hydrogens (tertiary/aromatic N) is 2. The molecule has 0 aromatic heterocycles. The van der Waals surface area contributed by atoms with Crippen LogP contribution in [0.2, 0.25) is 0 Å². The van der Waals surface area contributed by atoms with E-state index in [0.717, 1.165) is 12.8 Å². The zero-order valence-electron chi connectivity index (χ0n) is 16.6. The topological polar surface area (TPSA) is 6.48 Å². The molecule has 2 aromatic rings. The van der Waals surface area contributed by atoms with Gasteiger partial charge in [0.2, 0.25) is 0 Å². The molecular formula is C22H32N2S2. The van der Waals surface area contributed by atoms with E-state index in [1.165, 1.54) is 11.4 Å². The molecule has 0 fully saturated rings. The predicted molar refractivity (Wildman–Crippen MR) is 122 cm³/mol.